The summed E-state index contributed by atoms with van der Waals surface area (Å²) in [5, 5.41) is 6.66. The molecule has 8 heteroatoms. The molecule has 32 heavy (non-hydrogen) atoms. The maximum absolute atomic E-state index is 12.8. The maximum atomic E-state index is 12.8. The number of aromatic nitrogens is 2. The number of aryl methyl sites for hydroxylation is 1. The molecule has 0 spiro atoms. The van der Waals surface area contributed by atoms with E-state index in [0.29, 0.717) is 46.0 Å². The standard InChI is InChI=1S/C24H21N3O5/c1-16-25-23(27-32-16)15-30-20-8-4-3-7-19(20)24(28)26-17-11-13-18(14-12-17)31-22-10-6-5-9-21(22)29-2/h3-14H,15H2,1-2H3,(H,26,28). The minimum absolute atomic E-state index is 0.0939. The van der Waals surface area contributed by atoms with E-state index in [2.05, 4.69) is 15.5 Å². The second-order valence-corrected chi connectivity index (χ2v) is 6.75. The van der Waals surface area contributed by atoms with Gasteiger partial charge < -0.3 is 24.1 Å². The Kier molecular flexibility index (Phi) is 6.31. The maximum Gasteiger partial charge on any atom is 0.259 e. The van der Waals surface area contributed by atoms with Crippen molar-refractivity contribution in [1.82, 2.24) is 10.1 Å². The minimum Gasteiger partial charge on any atom is -0.493 e. The van der Waals surface area contributed by atoms with Gasteiger partial charge in [0.05, 0.1) is 12.7 Å². The van der Waals surface area contributed by atoms with E-state index in [-0.39, 0.29) is 12.5 Å². The number of ether oxygens (including phenoxy) is 3. The Labute approximate surface area is 184 Å². The normalized spacial score (nSPS) is 10.4. The summed E-state index contributed by atoms with van der Waals surface area (Å²) in [6.45, 7) is 1.79. The lowest BCUT2D eigenvalue weighted by molar-refractivity contribution is 0.102. The molecular weight excluding hydrogens is 410 g/mol. The Morgan fingerprint density at radius 3 is 2.31 bits per heavy atom. The largest absolute Gasteiger partial charge is 0.493 e. The number of rotatable bonds is 8. The second-order valence-electron chi connectivity index (χ2n) is 6.75. The highest BCUT2D eigenvalue weighted by molar-refractivity contribution is 6.06. The Morgan fingerprint density at radius 1 is 0.938 bits per heavy atom. The molecule has 0 radical (unpaired) electrons. The molecule has 0 aliphatic carbocycles. The van der Waals surface area contributed by atoms with E-state index in [4.69, 9.17) is 18.7 Å². The summed E-state index contributed by atoms with van der Waals surface area (Å²) in [6, 6.07) is 21.4. The van der Waals surface area contributed by atoms with Gasteiger partial charge in [-0.25, -0.2) is 0 Å². The number of hydrogen-bond donors (Lipinski definition) is 1. The molecule has 1 aromatic heterocycles. The summed E-state index contributed by atoms with van der Waals surface area (Å²) in [7, 11) is 1.59. The van der Waals surface area contributed by atoms with Crippen molar-refractivity contribution in [3.05, 3.63) is 90.1 Å². The number of anilines is 1. The quantitative estimate of drug-likeness (QED) is 0.419. The number of nitrogens with zero attached hydrogens (tertiary/aromatic N) is 2. The molecule has 162 valence electrons. The SMILES string of the molecule is COc1ccccc1Oc1ccc(NC(=O)c2ccccc2OCc2noc(C)n2)cc1. The van der Waals surface area contributed by atoms with Gasteiger partial charge in [0.1, 0.15) is 11.5 Å². The van der Waals surface area contributed by atoms with E-state index >= 15 is 0 Å². The van der Waals surface area contributed by atoms with Crippen molar-refractivity contribution >= 4 is 11.6 Å². The molecule has 0 atom stereocenters. The topological polar surface area (TPSA) is 95.7 Å². The first-order valence-corrected chi connectivity index (χ1v) is 9.85. The zero-order chi connectivity index (χ0) is 22.3. The zero-order valence-electron chi connectivity index (χ0n) is 17.6. The number of para-hydroxylation sites is 3. The number of amides is 1. The number of carbonyl (C=O) groups excluding carboxylic acids is 1. The highest BCUT2D eigenvalue weighted by Crippen LogP contribution is 2.31. The van der Waals surface area contributed by atoms with Gasteiger partial charge in [-0.2, -0.15) is 4.98 Å². The first kappa shape index (κ1) is 20.9. The van der Waals surface area contributed by atoms with E-state index in [9.17, 15) is 4.79 Å². The van der Waals surface area contributed by atoms with Gasteiger partial charge in [-0.15, -0.1) is 0 Å². The van der Waals surface area contributed by atoms with Gasteiger partial charge in [0.2, 0.25) is 11.7 Å². The van der Waals surface area contributed by atoms with Crippen LogP contribution in [0.3, 0.4) is 0 Å². The Balaban J connectivity index is 1.42. The first-order valence-electron chi connectivity index (χ1n) is 9.85. The van der Waals surface area contributed by atoms with E-state index in [1.807, 2.05) is 24.3 Å². The predicted octanol–water partition coefficient (Wildman–Crippen LogP) is 5.01. The Morgan fingerprint density at radius 2 is 1.62 bits per heavy atom. The lowest BCUT2D eigenvalue weighted by Gasteiger charge is -2.12. The van der Waals surface area contributed by atoms with E-state index in [1.165, 1.54) is 0 Å². The fraction of sp³-hybridized carbons (Fsp3) is 0.125. The molecule has 1 amide bonds. The summed E-state index contributed by atoms with van der Waals surface area (Å²) in [5.74, 6) is 2.83. The molecule has 1 N–H and O–H groups in total. The predicted molar refractivity (Wildman–Crippen MR) is 117 cm³/mol. The molecule has 0 saturated carbocycles. The molecule has 0 saturated heterocycles. The first-order chi connectivity index (χ1) is 15.6. The lowest BCUT2D eigenvalue weighted by atomic mass is 10.2. The number of nitrogens with one attached hydrogen (secondary N) is 1. The van der Waals surface area contributed by atoms with Crippen molar-refractivity contribution in [2.24, 2.45) is 0 Å². The molecule has 8 nitrogen and oxygen atoms in total. The van der Waals surface area contributed by atoms with Gasteiger partial charge >= 0.3 is 0 Å². The smallest absolute Gasteiger partial charge is 0.259 e. The molecule has 0 fully saturated rings. The van der Waals surface area contributed by atoms with Crippen molar-refractivity contribution in [2.45, 2.75) is 13.5 Å². The second kappa shape index (κ2) is 9.65. The van der Waals surface area contributed by atoms with Crippen LogP contribution in [0.1, 0.15) is 22.1 Å². The van der Waals surface area contributed by atoms with Gasteiger partial charge in [0, 0.05) is 12.6 Å². The third-order valence-electron chi connectivity index (χ3n) is 4.47. The third-order valence-corrected chi connectivity index (χ3v) is 4.47. The number of hydrogen-bond acceptors (Lipinski definition) is 7. The van der Waals surface area contributed by atoms with Crippen molar-refractivity contribution < 1.29 is 23.5 Å². The van der Waals surface area contributed by atoms with Gasteiger partial charge in [0.25, 0.3) is 5.91 Å². The minimum atomic E-state index is -0.303. The van der Waals surface area contributed by atoms with Crippen LogP contribution < -0.4 is 19.5 Å². The van der Waals surface area contributed by atoms with Gasteiger partial charge in [-0.1, -0.05) is 29.4 Å². The zero-order valence-corrected chi connectivity index (χ0v) is 17.6. The molecule has 0 bridgehead atoms. The average Bonchev–Trinajstić information content (AvgIpc) is 3.24. The Bertz CT molecular complexity index is 1200. The van der Waals surface area contributed by atoms with Gasteiger partial charge in [-0.05, 0) is 48.5 Å². The summed E-state index contributed by atoms with van der Waals surface area (Å²) in [5.41, 5.74) is 1.01. The summed E-state index contributed by atoms with van der Waals surface area (Å²) in [6.07, 6.45) is 0. The lowest BCUT2D eigenvalue weighted by Crippen LogP contribution is -2.13. The van der Waals surface area contributed by atoms with Crippen molar-refractivity contribution in [3.8, 4) is 23.0 Å². The molecule has 4 aromatic rings. The van der Waals surface area contributed by atoms with Crippen LogP contribution in [0.4, 0.5) is 5.69 Å². The summed E-state index contributed by atoms with van der Waals surface area (Å²) in [4.78, 5) is 16.9. The van der Waals surface area contributed by atoms with E-state index in [1.54, 1.807) is 62.6 Å². The van der Waals surface area contributed by atoms with Crippen LogP contribution in [-0.4, -0.2) is 23.2 Å². The molecule has 1 heterocycles. The van der Waals surface area contributed by atoms with Crippen molar-refractivity contribution in [2.75, 3.05) is 12.4 Å². The van der Waals surface area contributed by atoms with Gasteiger partial charge in [0.15, 0.2) is 18.1 Å². The fourth-order valence-corrected chi connectivity index (χ4v) is 2.96. The van der Waals surface area contributed by atoms with Crippen LogP contribution in [0.5, 0.6) is 23.0 Å². The molecular formula is C24H21N3O5. The molecule has 0 unspecified atom stereocenters. The summed E-state index contributed by atoms with van der Waals surface area (Å²) >= 11 is 0. The number of benzene rings is 3. The van der Waals surface area contributed by atoms with Crippen LogP contribution >= 0.6 is 0 Å². The van der Waals surface area contributed by atoms with E-state index < -0.39 is 0 Å². The Hall–Kier alpha value is -4.33. The number of methoxy groups -OCH3 is 1. The average molecular weight is 431 g/mol. The molecule has 0 aliphatic rings. The van der Waals surface area contributed by atoms with Crippen LogP contribution in [0.25, 0.3) is 0 Å². The van der Waals surface area contributed by atoms with Crippen LogP contribution in [-0.2, 0) is 6.61 Å². The molecule has 4 rings (SSSR count). The van der Waals surface area contributed by atoms with Crippen LogP contribution in [0, 0.1) is 6.92 Å². The highest BCUT2D eigenvalue weighted by atomic mass is 16.5. The van der Waals surface area contributed by atoms with Crippen LogP contribution in [0.15, 0.2) is 77.3 Å². The molecule has 0 aliphatic heterocycles. The van der Waals surface area contributed by atoms with Gasteiger partial charge in [-0.3, -0.25) is 4.79 Å². The van der Waals surface area contributed by atoms with Crippen molar-refractivity contribution in [3.63, 3.8) is 0 Å². The van der Waals surface area contributed by atoms with Crippen molar-refractivity contribution in [1.29, 1.82) is 0 Å². The monoisotopic (exact) mass is 431 g/mol. The van der Waals surface area contributed by atoms with Crippen LogP contribution in [0.2, 0.25) is 0 Å². The summed E-state index contributed by atoms with van der Waals surface area (Å²) < 4.78 is 21.8. The molecule has 3 aromatic carbocycles. The van der Waals surface area contributed by atoms with E-state index in [0.717, 1.165) is 0 Å². The number of carbonyl (C=O) groups is 1. The fourth-order valence-electron chi connectivity index (χ4n) is 2.96. The third kappa shape index (κ3) is 5.04. The highest BCUT2D eigenvalue weighted by Gasteiger charge is 2.14.